The van der Waals surface area contributed by atoms with E-state index in [4.69, 9.17) is 8.83 Å². The molecule has 0 saturated heterocycles. The molecule has 5 aromatic rings. The van der Waals surface area contributed by atoms with Crippen LogP contribution in [-0.2, 0) is 0 Å². The van der Waals surface area contributed by atoms with Gasteiger partial charge < -0.3 is 8.83 Å². The summed E-state index contributed by atoms with van der Waals surface area (Å²) in [6.07, 6.45) is 0. The molecule has 5 rings (SSSR count). The van der Waals surface area contributed by atoms with Crippen molar-refractivity contribution in [3.8, 4) is 0 Å². The lowest BCUT2D eigenvalue weighted by Crippen LogP contribution is -1.93. The molecule has 0 aliphatic heterocycles. The number of rotatable bonds is 0. The van der Waals surface area contributed by atoms with Crippen LogP contribution in [0.1, 0.15) is 0 Å². The molecule has 4 heteroatoms. The molecule has 0 aliphatic carbocycles. The molecule has 0 atom stereocenters. The Labute approximate surface area is 138 Å². The van der Waals surface area contributed by atoms with E-state index < -0.39 is 0 Å². The summed E-state index contributed by atoms with van der Waals surface area (Å²) in [5.74, 6) is 0. The summed E-state index contributed by atoms with van der Waals surface area (Å²) in [6.45, 7) is 0. The highest BCUT2D eigenvalue weighted by molar-refractivity contribution is 9.10. The Balaban J connectivity index is 2.11. The van der Waals surface area contributed by atoms with Crippen LogP contribution in [0.2, 0.25) is 0 Å². The highest BCUT2D eigenvalue weighted by Gasteiger charge is 2.16. The van der Waals surface area contributed by atoms with E-state index in [1.54, 1.807) is 6.07 Å². The summed E-state index contributed by atoms with van der Waals surface area (Å²) in [4.78, 5) is 12.6. The van der Waals surface area contributed by atoms with Crippen molar-refractivity contribution in [3.63, 3.8) is 0 Å². The summed E-state index contributed by atoms with van der Waals surface area (Å²) in [7, 11) is 0. The Morgan fingerprint density at radius 3 is 2.30 bits per heavy atom. The van der Waals surface area contributed by atoms with Crippen LogP contribution < -0.4 is 5.43 Å². The number of para-hydroxylation sites is 1. The zero-order valence-electron chi connectivity index (χ0n) is 11.8. The lowest BCUT2D eigenvalue weighted by Gasteiger charge is -2.04. The average molecular weight is 365 g/mol. The largest absolute Gasteiger partial charge is 0.449 e. The van der Waals surface area contributed by atoms with Gasteiger partial charge >= 0.3 is 0 Å². The van der Waals surface area contributed by atoms with Crippen LogP contribution in [0.3, 0.4) is 0 Å². The molecule has 0 saturated carbocycles. The van der Waals surface area contributed by atoms with Crippen LogP contribution in [0.25, 0.3) is 43.9 Å². The van der Waals surface area contributed by atoms with Crippen molar-refractivity contribution in [2.24, 2.45) is 0 Å². The zero-order valence-corrected chi connectivity index (χ0v) is 13.4. The fraction of sp³-hybridized carbons (Fsp3) is 0. The maximum Gasteiger partial charge on any atom is 0.194 e. The fourth-order valence-corrected chi connectivity index (χ4v) is 3.56. The van der Waals surface area contributed by atoms with Crippen molar-refractivity contribution < 1.29 is 8.83 Å². The maximum absolute atomic E-state index is 12.6. The van der Waals surface area contributed by atoms with Crippen molar-refractivity contribution >= 4 is 59.8 Å². The van der Waals surface area contributed by atoms with Crippen molar-refractivity contribution in [3.05, 3.63) is 69.3 Å². The van der Waals surface area contributed by atoms with Gasteiger partial charge in [0, 0.05) is 16.2 Å². The Bertz CT molecular complexity index is 1290. The molecule has 0 amide bonds. The summed E-state index contributed by atoms with van der Waals surface area (Å²) in [5.41, 5.74) is 2.54. The molecule has 0 fully saturated rings. The number of hydrogen-bond acceptors (Lipinski definition) is 3. The molecule has 0 unspecified atom stereocenters. The van der Waals surface area contributed by atoms with E-state index in [1.165, 1.54) is 0 Å². The van der Waals surface area contributed by atoms with Gasteiger partial charge in [0.1, 0.15) is 0 Å². The predicted molar refractivity (Wildman–Crippen MR) is 95.0 cm³/mol. The van der Waals surface area contributed by atoms with Crippen molar-refractivity contribution in [2.45, 2.75) is 0 Å². The average Bonchev–Trinajstić information content (AvgIpc) is 2.87. The standard InChI is InChI=1S/C19H9BrO3/c20-13-6-3-7-14-18(13)22-15-9-8-12-16(19(15)23-14)10-4-1-2-5-11(10)17(12)21/h1-9H. The molecular weight excluding hydrogens is 356 g/mol. The Morgan fingerprint density at radius 1 is 0.696 bits per heavy atom. The van der Waals surface area contributed by atoms with Crippen LogP contribution >= 0.6 is 15.9 Å². The third-order valence-corrected chi connectivity index (χ3v) is 4.79. The smallest absolute Gasteiger partial charge is 0.194 e. The fourth-order valence-electron chi connectivity index (χ4n) is 3.13. The van der Waals surface area contributed by atoms with Gasteiger partial charge in [0.25, 0.3) is 0 Å². The van der Waals surface area contributed by atoms with Gasteiger partial charge in [-0.15, -0.1) is 0 Å². The first-order valence-corrected chi connectivity index (χ1v) is 7.98. The van der Waals surface area contributed by atoms with Gasteiger partial charge in [-0.05, 0) is 45.6 Å². The minimum absolute atomic E-state index is 0.0297. The Hall–Kier alpha value is -2.59. The Morgan fingerprint density at radius 2 is 1.43 bits per heavy atom. The monoisotopic (exact) mass is 364 g/mol. The van der Waals surface area contributed by atoms with Crippen LogP contribution in [0.15, 0.2) is 72.7 Å². The van der Waals surface area contributed by atoms with Gasteiger partial charge in [-0.25, -0.2) is 0 Å². The third-order valence-electron chi connectivity index (χ3n) is 4.16. The van der Waals surface area contributed by atoms with Crippen LogP contribution in [0.5, 0.6) is 0 Å². The summed E-state index contributed by atoms with van der Waals surface area (Å²) in [6, 6.07) is 16.8. The van der Waals surface area contributed by atoms with Crippen molar-refractivity contribution in [1.82, 2.24) is 0 Å². The molecule has 3 nitrogen and oxygen atoms in total. The van der Waals surface area contributed by atoms with E-state index in [0.29, 0.717) is 33.1 Å². The van der Waals surface area contributed by atoms with Gasteiger partial charge in [0.2, 0.25) is 0 Å². The van der Waals surface area contributed by atoms with E-state index in [0.717, 1.165) is 15.2 Å². The van der Waals surface area contributed by atoms with Gasteiger partial charge in [0.05, 0.1) is 4.47 Å². The van der Waals surface area contributed by atoms with Gasteiger partial charge in [0.15, 0.2) is 27.8 Å². The molecule has 110 valence electrons. The molecule has 0 radical (unpaired) electrons. The zero-order chi connectivity index (χ0) is 15.6. The second kappa shape index (κ2) is 4.46. The van der Waals surface area contributed by atoms with E-state index in [-0.39, 0.29) is 5.43 Å². The molecular formula is C19H9BrO3. The topological polar surface area (TPSA) is 43.4 Å². The van der Waals surface area contributed by atoms with Crippen molar-refractivity contribution in [1.29, 1.82) is 0 Å². The third kappa shape index (κ3) is 1.67. The van der Waals surface area contributed by atoms with E-state index in [2.05, 4.69) is 15.9 Å². The van der Waals surface area contributed by atoms with Gasteiger partial charge in [-0.3, -0.25) is 4.79 Å². The molecule has 0 aliphatic rings. The van der Waals surface area contributed by atoms with Crippen molar-refractivity contribution in [2.75, 3.05) is 0 Å². The van der Waals surface area contributed by atoms with E-state index in [9.17, 15) is 4.79 Å². The summed E-state index contributed by atoms with van der Waals surface area (Å²) < 4.78 is 12.9. The lowest BCUT2D eigenvalue weighted by atomic mass is 10.1. The van der Waals surface area contributed by atoms with Gasteiger partial charge in [-0.1, -0.05) is 30.3 Å². The number of fused-ring (bicyclic) bond motifs is 6. The van der Waals surface area contributed by atoms with Crippen LogP contribution in [0, 0.1) is 0 Å². The number of halogens is 1. The molecule has 0 bridgehead atoms. The second-order valence-corrected chi connectivity index (χ2v) is 6.32. The quantitative estimate of drug-likeness (QED) is 0.335. The first-order chi connectivity index (χ1) is 11.2. The maximum atomic E-state index is 12.6. The normalized spacial score (nSPS) is 11.9. The molecule has 1 aromatic heterocycles. The molecule has 4 aromatic carbocycles. The second-order valence-electron chi connectivity index (χ2n) is 5.46. The SMILES string of the molecule is O=c1c2ccccc2c2c1ccc1oc3c(Br)cccc3oc12. The van der Waals surface area contributed by atoms with E-state index >= 15 is 0 Å². The predicted octanol–water partition coefficient (Wildman–Crippen LogP) is 5.61. The number of benzene rings is 3. The molecule has 1 heterocycles. The first kappa shape index (κ1) is 12.9. The first-order valence-electron chi connectivity index (χ1n) is 7.19. The lowest BCUT2D eigenvalue weighted by molar-refractivity contribution is 0.583. The Kier molecular flexibility index (Phi) is 2.50. The highest BCUT2D eigenvalue weighted by atomic mass is 79.9. The molecule has 0 spiro atoms. The summed E-state index contributed by atoms with van der Waals surface area (Å²) >= 11 is 3.47. The molecule has 23 heavy (non-hydrogen) atoms. The minimum atomic E-state index is 0.0297. The van der Waals surface area contributed by atoms with Crippen LogP contribution in [-0.4, -0.2) is 0 Å². The highest BCUT2D eigenvalue weighted by Crippen LogP contribution is 2.35. The van der Waals surface area contributed by atoms with E-state index in [1.807, 2.05) is 48.5 Å². The minimum Gasteiger partial charge on any atom is -0.449 e. The number of hydrogen-bond donors (Lipinski definition) is 0. The summed E-state index contributed by atoms with van der Waals surface area (Å²) in [5, 5.41) is 3.08. The van der Waals surface area contributed by atoms with Crippen LogP contribution in [0.4, 0.5) is 0 Å². The van der Waals surface area contributed by atoms with Gasteiger partial charge in [-0.2, -0.15) is 0 Å². The molecule has 0 N–H and O–H groups in total.